The highest BCUT2D eigenvalue weighted by Crippen LogP contribution is 2.35. The smallest absolute Gasteiger partial charge is 0.378 e. The first-order valence-corrected chi connectivity index (χ1v) is 12.6. The molecule has 0 aliphatic heterocycles. The van der Waals surface area contributed by atoms with Crippen LogP contribution in [0, 0.1) is 0 Å². The Kier molecular flexibility index (Phi) is 8.08. The number of hydrogen-bond donors (Lipinski definition) is 1. The molecule has 0 saturated carbocycles. The van der Waals surface area contributed by atoms with Gasteiger partial charge < -0.3 is 15.1 Å². The van der Waals surface area contributed by atoms with Crippen molar-refractivity contribution in [3.63, 3.8) is 0 Å². The van der Waals surface area contributed by atoms with Crippen LogP contribution in [0.25, 0.3) is 0 Å². The van der Waals surface area contributed by atoms with Crippen LogP contribution < -0.4 is 15.1 Å². The first kappa shape index (κ1) is 27.2. The summed E-state index contributed by atoms with van der Waals surface area (Å²) in [5, 5.41) is 6.54. The molecule has 10 heteroatoms. The topological polar surface area (TPSA) is 70.5 Å². The molecule has 1 N–H and O–H groups in total. The van der Waals surface area contributed by atoms with E-state index < -0.39 is 30.4 Å². The Bertz CT molecular complexity index is 1270. The summed E-state index contributed by atoms with van der Waals surface area (Å²) in [4.78, 5) is 30.1. The highest BCUT2D eigenvalue weighted by atomic mass is 19.4. The van der Waals surface area contributed by atoms with E-state index in [-0.39, 0.29) is 17.9 Å². The molecule has 1 heterocycles. The summed E-state index contributed by atoms with van der Waals surface area (Å²) in [6, 6.07) is 15.8. The molecule has 3 aromatic rings. The third-order valence-electron chi connectivity index (χ3n) is 6.82. The highest BCUT2D eigenvalue weighted by molar-refractivity contribution is 5.99. The zero-order chi connectivity index (χ0) is 27.4. The van der Waals surface area contributed by atoms with Crippen LogP contribution in [0.4, 0.5) is 24.5 Å². The highest BCUT2D eigenvalue weighted by Gasteiger charge is 2.39. The summed E-state index contributed by atoms with van der Waals surface area (Å²) in [6.45, 7) is -0.391. The number of halogens is 3. The first-order chi connectivity index (χ1) is 18.0. The van der Waals surface area contributed by atoms with Crippen LogP contribution in [-0.2, 0) is 41.6 Å². The molecule has 1 atom stereocenters. The van der Waals surface area contributed by atoms with E-state index in [1.54, 1.807) is 7.05 Å². The van der Waals surface area contributed by atoms with Crippen molar-refractivity contribution in [2.75, 3.05) is 30.9 Å². The second kappa shape index (κ2) is 11.3. The lowest BCUT2D eigenvalue weighted by atomic mass is 9.95. The van der Waals surface area contributed by atoms with E-state index in [0.717, 1.165) is 22.4 Å². The zero-order valence-corrected chi connectivity index (χ0v) is 21.8. The number of amides is 2. The van der Waals surface area contributed by atoms with Crippen LogP contribution in [0.3, 0.4) is 0 Å². The Hall–Kier alpha value is -3.82. The maximum absolute atomic E-state index is 13.6. The number of fused-ring (bicyclic) bond motifs is 1. The Morgan fingerprint density at radius 2 is 1.61 bits per heavy atom. The minimum absolute atomic E-state index is 0.175. The van der Waals surface area contributed by atoms with E-state index in [4.69, 9.17) is 0 Å². The SMILES string of the molecule is CN(C)c1ccc(N(C)C(=O)C(Cc2ccccc2)NC(=O)Cn2nc(C(F)(F)F)c3c2CCCC3)cc1. The number of benzene rings is 2. The molecular weight excluding hydrogens is 495 g/mol. The number of anilines is 2. The second-order valence-corrected chi connectivity index (χ2v) is 9.75. The monoisotopic (exact) mass is 527 g/mol. The number of rotatable bonds is 8. The van der Waals surface area contributed by atoms with Crippen LogP contribution in [0.1, 0.15) is 35.4 Å². The largest absolute Gasteiger partial charge is 0.435 e. The number of alkyl halides is 3. The second-order valence-electron chi connectivity index (χ2n) is 9.75. The van der Waals surface area contributed by atoms with E-state index in [1.165, 1.54) is 4.90 Å². The van der Waals surface area contributed by atoms with Crippen molar-refractivity contribution >= 4 is 23.2 Å². The molecule has 2 aromatic carbocycles. The van der Waals surface area contributed by atoms with Gasteiger partial charge >= 0.3 is 6.18 Å². The van der Waals surface area contributed by atoms with E-state index in [2.05, 4.69) is 10.4 Å². The van der Waals surface area contributed by atoms with Gasteiger partial charge in [0.05, 0.1) is 0 Å². The number of nitrogens with one attached hydrogen (secondary N) is 1. The van der Waals surface area contributed by atoms with Gasteiger partial charge in [-0.15, -0.1) is 0 Å². The predicted molar refractivity (Wildman–Crippen MR) is 140 cm³/mol. The fourth-order valence-corrected chi connectivity index (χ4v) is 4.79. The molecular formula is C28H32F3N5O2. The van der Waals surface area contributed by atoms with E-state index >= 15 is 0 Å². The van der Waals surface area contributed by atoms with Crippen molar-refractivity contribution in [1.29, 1.82) is 0 Å². The van der Waals surface area contributed by atoms with Crippen molar-refractivity contribution in [3.05, 3.63) is 77.1 Å². The van der Waals surface area contributed by atoms with Crippen LogP contribution >= 0.6 is 0 Å². The lowest BCUT2D eigenvalue weighted by Crippen LogP contribution is -2.49. The number of carbonyl (C=O) groups is 2. The maximum atomic E-state index is 13.6. The number of carbonyl (C=O) groups excluding carboxylic acids is 2. The maximum Gasteiger partial charge on any atom is 0.435 e. The van der Waals surface area contributed by atoms with Gasteiger partial charge in [-0.2, -0.15) is 18.3 Å². The van der Waals surface area contributed by atoms with E-state index in [0.29, 0.717) is 30.6 Å². The molecule has 2 amide bonds. The molecule has 38 heavy (non-hydrogen) atoms. The molecule has 0 spiro atoms. The van der Waals surface area contributed by atoms with Crippen LogP contribution in [-0.4, -0.2) is 48.8 Å². The van der Waals surface area contributed by atoms with Gasteiger partial charge in [0.2, 0.25) is 11.8 Å². The summed E-state index contributed by atoms with van der Waals surface area (Å²) < 4.78 is 41.9. The molecule has 0 radical (unpaired) electrons. The van der Waals surface area contributed by atoms with Crippen LogP contribution in [0.15, 0.2) is 54.6 Å². The summed E-state index contributed by atoms with van der Waals surface area (Å²) in [5.41, 5.74) is 2.18. The summed E-state index contributed by atoms with van der Waals surface area (Å²) >= 11 is 0. The first-order valence-electron chi connectivity index (χ1n) is 12.6. The third kappa shape index (κ3) is 6.17. The van der Waals surface area contributed by atoms with Crippen molar-refractivity contribution < 1.29 is 22.8 Å². The number of nitrogens with zero attached hydrogens (tertiary/aromatic N) is 4. The quantitative estimate of drug-likeness (QED) is 0.476. The molecule has 1 aliphatic rings. The summed E-state index contributed by atoms with van der Waals surface area (Å²) in [7, 11) is 5.48. The fraction of sp³-hybridized carbons (Fsp3) is 0.393. The van der Waals surface area contributed by atoms with Gasteiger partial charge in [0, 0.05) is 50.2 Å². The Balaban J connectivity index is 1.55. The average molecular weight is 528 g/mol. The van der Waals surface area contributed by atoms with Crippen molar-refractivity contribution in [2.24, 2.45) is 0 Å². The molecule has 0 saturated heterocycles. The Morgan fingerprint density at radius 3 is 2.24 bits per heavy atom. The summed E-state index contributed by atoms with van der Waals surface area (Å²) in [5.74, 6) is -0.904. The van der Waals surface area contributed by atoms with Gasteiger partial charge in [-0.25, -0.2) is 0 Å². The van der Waals surface area contributed by atoms with Gasteiger partial charge in [-0.3, -0.25) is 14.3 Å². The predicted octanol–water partition coefficient (Wildman–Crippen LogP) is 4.24. The molecule has 0 fully saturated rings. The molecule has 0 bridgehead atoms. The standard InChI is InChI=1S/C28H32F3N5O2/c1-34(2)20-13-15-21(16-14-20)35(3)27(38)23(17-19-9-5-4-6-10-19)32-25(37)18-36-24-12-8-7-11-22(24)26(33-36)28(29,30)31/h4-6,9-10,13-16,23H,7-8,11-12,17-18H2,1-3H3,(H,32,37). The number of aromatic nitrogens is 2. The van der Waals surface area contributed by atoms with Gasteiger partial charge in [-0.05, 0) is 55.5 Å². The lowest BCUT2D eigenvalue weighted by Gasteiger charge is -2.25. The Labute approximate surface area is 220 Å². The summed E-state index contributed by atoms with van der Waals surface area (Å²) in [6.07, 6.45) is -2.23. The number of likely N-dealkylation sites (N-methyl/N-ethyl adjacent to an activating group) is 1. The van der Waals surface area contributed by atoms with Gasteiger partial charge in [0.25, 0.3) is 0 Å². The fourth-order valence-electron chi connectivity index (χ4n) is 4.79. The molecule has 202 valence electrons. The van der Waals surface area contributed by atoms with E-state index in [1.807, 2.05) is 73.6 Å². The van der Waals surface area contributed by atoms with Gasteiger partial charge in [0.1, 0.15) is 12.6 Å². The third-order valence-corrected chi connectivity index (χ3v) is 6.82. The Morgan fingerprint density at radius 1 is 0.974 bits per heavy atom. The molecule has 1 unspecified atom stereocenters. The van der Waals surface area contributed by atoms with Crippen molar-refractivity contribution in [1.82, 2.24) is 15.1 Å². The average Bonchev–Trinajstić information content (AvgIpc) is 3.27. The van der Waals surface area contributed by atoms with Crippen LogP contribution in [0.2, 0.25) is 0 Å². The minimum atomic E-state index is -4.58. The van der Waals surface area contributed by atoms with Crippen LogP contribution in [0.5, 0.6) is 0 Å². The molecule has 7 nitrogen and oxygen atoms in total. The molecule has 4 rings (SSSR count). The van der Waals surface area contributed by atoms with Crippen molar-refractivity contribution in [3.8, 4) is 0 Å². The lowest BCUT2D eigenvalue weighted by molar-refractivity contribution is -0.142. The van der Waals surface area contributed by atoms with Gasteiger partial charge in [0.15, 0.2) is 5.69 Å². The number of hydrogen-bond acceptors (Lipinski definition) is 4. The molecule has 1 aromatic heterocycles. The van der Waals surface area contributed by atoms with Crippen molar-refractivity contribution in [2.45, 2.75) is 50.9 Å². The zero-order valence-electron chi connectivity index (χ0n) is 21.8. The normalized spacial score (nSPS) is 13.9. The van der Waals surface area contributed by atoms with E-state index in [9.17, 15) is 22.8 Å². The minimum Gasteiger partial charge on any atom is -0.378 e. The molecule has 1 aliphatic carbocycles. The van der Waals surface area contributed by atoms with Gasteiger partial charge in [-0.1, -0.05) is 30.3 Å².